The first-order chi connectivity index (χ1) is 3.29. The maximum atomic E-state index is 6.79. The van der Waals surface area contributed by atoms with Crippen molar-refractivity contribution in [3.8, 4) is 0 Å². The standard InChI is InChI=1S/C3H5N4/c1-2-5-3(4)7-6-2/h4H,1H3,(H,5,6,7). The molecule has 0 saturated carbocycles. The fourth-order valence-corrected chi connectivity index (χ4v) is 0.346. The zero-order valence-corrected chi connectivity index (χ0v) is 3.89. The zero-order valence-electron chi connectivity index (χ0n) is 3.89. The van der Waals surface area contributed by atoms with Crippen LogP contribution in [-0.2, 0) is 0 Å². The molecule has 0 bridgehead atoms. The second-order valence-corrected chi connectivity index (χ2v) is 1.23. The summed E-state index contributed by atoms with van der Waals surface area (Å²) in [6.45, 7) is 1.73. The number of rotatable bonds is 0. The van der Waals surface area contributed by atoms with Gasteiger partial charge in [0.15, 0.2) is 0 Å². The molecule has 0 aliphatic heterocycles. The number of nitrogens with zero attached hydrogens (tertiary/aromatic N) is 2. The van der Waals surface area contributed by atoms with Gasteiger partial charge in [-0.1, -0.05) is 0 Å². The van der Waals surface area contributed by atoms with Crippen LogP contribution < -0.4 is 5.73 Å². The number of hydrogen-bond donors (Lipinski definition) is 1. The van der Waals surface area contributed by atoms with Gasteiger partial charge < -0.3 is 0 Å². The second-order valence-electron chi connectivity index (χ2n) is 1.23. The van der Waals surface area contributed by atoms with Crippen molar-refractivity contribution in [1.29, 1.82) is 0 Å². The average molecular weight is 97.1 g/mol. The van der Waals surface area contributed by atoms with Crippen LogP contribution in [0.3, 0.4) is 0 Å². The number of hydrogen-bond acceptors (Lipinski definition) is 2. The molecule has 4 heteroatoms. The van der Waals surface area contributed by atoms with Crippen LogP contribution in [0.2, 0.25) is 0 Å². The fourth-order valence-electron chi connectivity index (χ4n) is 0.346. The minimum absolute atomic E-state index is 0.123. The molecule has 1 radical (unpaired) electrons. The third-order valence-electron chi connectivity index (χ3n) is 0.597. The van der Waals surface area contributed by atoms with Gasteiger partial charge in [-0.3, -0.25) is 5.73 Å². The molecule has 0 unspecified atom stereocenters. The monoisotopic (exact) mass is 97.1 g/mol. The summed E-state index contributed by atoms with van der Waals surface area (Å²) in [5, 5.41) is 5.97. The van der Waals surface area contributed by atoms with Crippen molar-refractivity contribution in [2.24, 2.45) is 0 Å². The van der Waals surface area contributed by atoms with E-state index in [4.69, 9.17) is 5.73 Å². The van der Waals surface area contributed by atoms with Gasteiger partial charge in [0, 0.05) is 0 Å². The number of nitrogens with one attached hydrogen (secondary N) is 2. The van der Waals surface area contributed by atoms with Crippen molar-refractivity contribution < 1.29 is 0 Å². The van der Waals surface area contributed by atoms with E-state index in [1.807, 2.05) is 0 Å². The van der Waals surface area contributed by atoms with E-state index >= 15 is 0 Å². The fraction of sp³-hybridized carbons (Fsp3) is 0.333. The van der Waals surface area contributed by atoms with Crippen LogP contribution >= 0.6 is 0 Å². The Morgan fingerprint density at radius 3 is 2.57 bits per heavy atom. The Bertz CT molecular complexity index is 139. The molecule has 1 rings (SSSR count). The third kappa shape index (κ3) is 0.677. The van der Waals surface area contributed by atoms with Crippen LogP contribution in [-0.4, -0.2) is 15.2 Å². The highest BCUT2D eigenvalue weighted by atomic mass is 15.2. The number of aryl methyl sites for hydroxylation is 1. The molecule has 4 nitrogen and oxygen atoms in total. The van der Waals surface area contributed by atoms with Crippen LogP contribution in [0.5, 0.6) is 0 Å². The summed E-state index contributed by atoms with van der Waals surface area (Å²) in [6, 6.07) is 0. The summed E-state index contributed by atoms with van der Waals surface area (Å²) in [5.74, 6) is 0.738. The van der Waals surface area contributed by atoms with Crippen molar-refractivity contribution >= 4 is 5.95 Å². The minimum Gasteiger partial charge on any atom is -0.266 e. The summed E-state index contributed by atoms with van der Waals surface area (Å²) in [7, 11) is 0. The first-order valence-electron chi connectivity index (χ1n) is 1.89. The second kappa shape index (κ2) is 1.22. The van der Waals surface area contributed by atoms with Gasteiger partial charge in [-0.15, -0.1) is 0 Å². The molecule has 37 valence electrons. The lowest BCUT2D eigenvalue weighted by Gasteiger charge is -1.67. The number of H-pyrrole nitrogens is 1. The molecule has 2 N–H and O–H groups in total. The van der Waals surface area contributed by atoms with Gasteiger partial charge in [0.2, 0.25) is 5.95 Å². The lowest BCUT2D eigenvalue weighted by atomic mass is 10.8. The molecule has 0 amide bonds. The SMILES string of the molecule is Cc1n[nH]c([NH])n1. The molecule has 0 spiro atoms. The Hall–Kier alpha value is -1.06. The molecule has 0 aromatic carbocycles. The smallest absolute Gasteiger partial charge is 0.237 e. The molecule has 7 heavy (non-hydrogen) atoms. The van der Waals surface area contributed by atoms with E-state index in [0.717, 1.165) is 0 Å². The maximum Gasteiger partial charge on any atom is 0.237 e. The van der Waals surface area contributed by atoms with Gasteiger partial charge >= 0.3 is 0 Å². The van der Waals surface area contributed by atoms with Gasteiger partial charge in [0.1, 0.15) is 5.82 Å². The van der Waals surface area contributed by atoms with E-state index < -0.39 is 0 Å². The molecule has 1 aromatic heterocycles. The normalized spacial score (nSPS) is 9.29. The summed E-state index contributed by atoms with van der Waals surface area (Å²) >= 11 is 0. The van der Waals surface area contributed by atoms with E-state index in [1.165, 1.54) is 0 Å². The third-order valence-corrected chi connectivity index (χ3v) is 0.597. The Morgan fingerprint density at radius 2 is 2.43 bits per heavy atom. The van der Waals surface area contributed by atoms with Crippen LogP contribution in [0, 0.1) is 6.92 Å². The number of aromatic nitrogens is 3. The highest BCUT2D eigenvalue weighted by Crippen LogP contribution is 1.89. The molecular formula is C3H5N4. The van der Waals surface area contributed by atoms with Crippen molar-refractivity contribution in [1.82, 2.24) is 20.9 Å². The average Bonchev–Trinajstić information content (AvgIpc) is 1.87. The highest BCUT2D eigenvalue weighted by molar-refractivity contribution is 5.05. The molecule has 0 fully saturated rings. The molecule has 0 saturated heterocycles. The minimum atomic E-state index is 0.123. The van der Waals surface area contributed by atoms with Crippen molar-refractivity contribution in [3.05, 3.63) is 5.82 Å². The van der Waals surface area contributed by atoms with Crippen molar-refractivity contribution in [2.45, 2.75) is 6.92 Å². The quantitative estimate of drug-likeness (QED) is 0.496. The maximum absolute atomic E-state index is 6.79. The van der Waals surface area contributed by atoms with Gasteiger partial charge in [-0.05, 0) is 6.92 Å². The molecule has 0 aliphatic carbocycles. The summed E-state index contributed by atoms with van der Waals surface area (Å²) < 4.78 is 0. The van der Waals surface area contributed by atoms with E-state index in [-0.39, 0.29) is 5.95 Å². The van der Waals surface area contributed by atoms with Crippen molar-refractivity contribution in [2.75, 3.05) is 0 Å². The van der Waals surface area contributed by atoms with E-state index in [0.29, 0.717) is 5.82 Å². The van der Waals surface area contributed by atoms with E-state index in [2.05, 4.69) is 15.2 Å². The van der Waals surface area contributed by atoms with Crippen LogP contribution in [0.4, 0.5) is 5.95 Å². The first kappa shape index (κ1) is 4.11. The Labute approximate surface area is 40.8 Å². The predicted molar refractivity (Wildman–Crippen MR) is 23.9 cm³/mol. The molecule has 0 atom stereocenters. The summed E-state index contributed by atoms with van der Waals surface area (Å²) in [5.41, 5.74) is 6.79. The first-order valence-corrected chi connectivity index (χ1v) is 1.89. The van der Waals surface area contributed by atoms with Gasteiger partial charge in [0.05, 0.1) is 0 Å². The zero-order chi connectivity index (χ0) is 5.28. The highest BCUT2D eigenvalue weighted by Gasteiger charge is 1.87. The Kier molecular flexibility index (Phi) is 0.714. The van der Waals surface area contributed by atoms with Gasteiger partial charge in [-0.2, -0.15) is 10.1 Å². The lowest BCUT2D eigenvalue weighted by molar-refractivity contribution is 1.03. The number of aromatic amines is 1. The molecule has 1 heterocycles. The summed E-state index contributed by atoms with van der Waals surface area (Å²) in [4.78, 5) is 3.61. The van der Waals surface area contributed by atoms with Crippen LogP contribution in [0.1, 0.15) is 5.82 Å². The van der Waals surface area contributed by atoms with Crippen LogP contribution in [0.15, 0.2) is 0 Å². The van der Waals surface area contributed by atoms with Gasteiger partial charge in [-0.25, -0.2) is 5.10 Å². The van der Waals surface area contributed by atoms with Gasteiger partial charge in [0.25, 0.3) is 0 Å². The molecule has 0 aliphatic rings. The molecule has 1 aromatic rings. The largest absolute Gasteiger partial charge is 0.266 e. The lowest BCUT2D eigenvalue weighted by Crippen LogP contribution is -1.69. The van der Waals surface area contributed by atoms with E-state index in [9.17, 15) is 0 Å². The predicted octanol–water partition coefficient (Wildman–Crippen LogP) is 0.0275. The Morgan fingerprint density at radius 1 is 1.71 bits per heavy atom. The van der Waals surface area contributed by atoms with E-state index in [1.54, 1.807) is 6.92 Å². The molecular weight excluding hydrogens is 92.1 g/mol. The Balaban J connectivity index is 3.04. The summed E-state index contributed by atoms with van der Waals surface area (Å²) in [6.07, 6.45) is 0. The topological polar surface area (TPSA) is 65.4 Å². The van der Waals surface area contributed by atoms with Crippen LogP contribution in [0.25, 0.3) is 0 Å². The van der Waals surface area contributed by atoms with Crippen molar-refractivity contribution in [3.63, 3.8) is 0 Å².